The number of rotatable bonds is 2. The molecule has 0 amide bonds. The highest BCUT2D eigenvalue weighted by atomic mass is 19.1. The van der Waals surface area contributed by atoms with Gasteiger partial charge in [0, 0.05) is 36.1 Å². The lowest BCUT2D eigenvalue weighted by Crippen LogP contribution is -1.98. The van der Waals surface area contributed by atoms with Gasteiger partial charge in [-0.3, -0.25) is 4.98 Å². The fourth-order valence-corrected chi connectivity index (χ4v) is 1.62. The van der Waals surface area contributed by atoms with E-state index in [0.717, 1.165) is 11.6 Å². The van der Waals surface area contributed by atoms with Crippen molar-refractivity contribution in [2.24, 2.45) is 5.73 Å². The molecular formula is C13H12F2N2. The molecule has 2 rings (SSSR count). The average molecular weight is 234 g/mol. The molecule has 0 saturated carbocycles. The second-order valence-corrected chi connectivity index (χ2v) is 3.87. The Bertz CT molecular complexity index is 553. The van der Waals surface area contributed by atoms with E-state index in [9.17, 15) is 8.78 Å². The minimum absolute atomic E-state index is 0.336. The summed E-state index contributed by atoms with van der Waals surface area (Å²) in [6, 6.07) is 4.12. The van der Waals surface area contributed by atoms with Gasteiger partial charge in [0.05, 0.1) is 0 Å². The molecule has 88 valence electrons. The maximum absolute atomic E-state index is 13.7. The fourth-order valence-electron chi connectivity index (χ4n) is 1.62. The van der Waals surface area contributed by atoms with Crippen LogP contribution in [0, 0.1) is 18.6 Å². The number of aryl methyl sites for hydroxylation is 1. The van der Waals surface area contributed by atoms with E-state index in [1.54, 1.807) is 19.2 Å². The van der Waals surface area contributed by atoms with Gasteiger partial charge in [-0.2, -0.15) is 0 Å². The van der Waals surface area contributed by atoms with E-state index >= 15 is 0 Å². The quantitative estimate of drug-likeness (QED) is 0.867. The predicted molar refractivity (Wildman–Crippen MR) is 62.2 cm³/mol. The summed E-state index contributed by atoms with van der Waals surface area (Å²) < 4.78 is 26.8. The van der Waals surface area contributed by atoms with E-state index < -0.39 is 11.6 Å². The van der Waals surface area contributed by atoms with Crippen LogP contribution in [0.1, 0.15) is 11.1 Å². The fraction of sp³-hybridized carbons (Fsp3) is 0.154. The first-order chi connectivity index (χ1) is 8.11. The zero-order chi connectivity index (χ0) is 12.4. The highest BCUT2D eigenvalue weighted by Gasteiger charge is 2.09. The molecule has 0 aliphatic carbocycles. The molecule has 0 fully saturated rings. The van der Waals surface area contributed by atoms with Crippen LogP contribution >= 0.6 is 0 Å². The second kappa shape index (κ2) is 4.59. The third-order valence-corrected chi connectivity index (χ3v) is 2.59. The van der Waals surface area contributed by atoms with Crippen molar-refractivity contribution in [3.05, 3.63) is 53.4 Å². The zero-order valence-corrected chi connectivity index (χ0v) is 9.37. The number of nitrogens with two attached hydrogens (primary N) is 1. The highest BCUT2D eigenvalue weighted by molar-refractivity contribution is 5.64. The molecule has 0 saturated heterocycles. The number of nitrogens with zero attached hydrogens (tertiary/aromatic N) is 1. The first-order valence-corrected chi connectivity index (χ1v) is 5.22. The standard InChI is InChI=1S/C13H12F2N2/c1-8-2-11(13(15)4-12(8)14)10-3-9(5-16)6-17-7-10/h2-4,6-7H,5,16H2,1H3. The van der Waals surface area contributed by atoms with Gasteiger partial charge in [-0.15, -0.1) is 0 Å². The van der Waals surface area contributed by atoms with E-state index in [2.05, 4.69) is 4.98 Å². The lowest BCUT2D eigenvalue weighted by atomic mass is 10.0. The van der Waals surface area contributed by atoms with E-state index in [1.165, 1.54) is 12.3 Å². The van der Waals surface area contributed by atoms with Crippen LogP contribution in [0.3, 0.4) is 0 Å². The van der Waals surface area contributed by atoms with Crippen molar-refractivity contribution in [3.63, 3.8) is 0 Å². The van der Waals surface area contributed by atoms with Gasteiger partial charge in [-0.05, 0) is 30.2 Å². The van der Waals surface area contributed by atoms with Crippen LogP contribution in [-0.2, 0) is 6.54 Å². The number of benzene rings is 1. The SMILES string of the molecule is Cc1cc(-c2cncc(CN)c2)c(F)cc1F. The largest absolute Gasteiger partial charge is 0.326 e. The first kappa shape index (κ1) is 11.7. The van der Waals surface area contributed by atoms with Crippen LogP contribution in [-0.4, -0.2) is 4.98 Å². The Kier molecular flexibility index (Phi) is 3.15. The van der Waals surface area contributed by atoms with Gasteiger partial charge >= 0.3 is 0 Å². The monoisotopic (exact) mass is 234 g/mol. The normalized spacial score (nSPS) is 10.6. The van der Waals surface area contributed by atoms with Crippen LogP contribution in [0.15, 0.2) is 30.6 Å². The van der Waals surface area contributed by atoms with E-state index in [-0.39, 0.29) is 0 Å². The lowest BCUT2D eigenvalue weighted by Gasteiger charge is -2.07. The molecule has 0 spiro atoms. The van der Waals surface area contributed by atoms with Gasteiger partial charge in [-0.1, -0.05) is 0 Å². The van der Waals surface area contributed by atoms with Gasteiger partial charge in [-0.25, -0.2) is 8.78 Å². The van der Waals surface area contributed by atoms with Crippen LogP contribution in [0.4, 0.5) is 8.78 Å². The molecule has 0 radical (unpaired) electrons. The second-order valence-electron chi connectivity index (χ2n) is 3.87. The number of hydrogen-bond acceptors (Lipinski definition) is 2. The molecule has 0 atom stereocenters. The molecule has 4 heteroatoms. The lowest BCUT2D eigenvalue weighted by molar-refractivity contribution is 0.579. The summed E-state index contributed by atoms with van der Waals surface area (Å²) in [5.41, 5.74) is 7.65. The van der Waals surface area contributed by atoms with Crippen molar-refractivity contribution in [1.29, 1.82) is 0 Å². The number of hydrogen-bond donors (Lipinski definition) is 1. The number of halogens is 2. The molecule has 2 aromatic rings. The first-order valence-electron chi connectivity index (χ1n) is 5.22. The highest BCUT2D eigenvalue weighted by Crippen LogP contribution is 2.25. The molecular weight excluding hydrogens is 222 g/mol. The third-order valence-electron chi connectivity index (χ3n) is 2.59. The molecule has 0 unspecified atom stereocenters. The summed E-state index contributed by atoms with van der Waals surface area (Å²) >= 11 is 0. The molecule has 0 aliphatic heterocycles. The summed E-state index contributed by atoms with van der Waals surface area (Å²) in [6.07, 6.45) is 3.16. The Labute approximate surface area is 98.1 Å². The maximum Gasteiger partial charge on any atom is 0.134 e. The summed E-state index contributed by atoms with van der Waals surface area (Å²) in [5.74, 6) is -1.14. The van der Waals surface area contributed by atoms with Crippen LogP contribution in [0.5, 0.6) is 0 Å². The Morgan fingerprint density at radius 2 is 1.88 bits per heavy atom. The minimum Gasteiger partial charge on any atom is -0.326 e. The third kappa shape index (κ3) is 2.31. The maximum atomic E-state index is 13.7. The minimum atomic E-state index is -0.593. The molecule has 2 N–H and O–H groups in total. The predicted octanol–water partition coefficient (Wildman–Crippen LogP) is 2.79. The van der Waals surface area contributed by atoms with E-state index in [0.29, 0.717) is 23.2 Å². The molecule has 17 heavy (non-hydrogen) atoms. The number of aromatic nitrogens is 1. The van der Waals surface area contributed by atoms with Gasteiger partial charge in [0.15, 0.2) is 0 Å². The van der Waals surface area contributed by atoms with Gasteiger partial charge < -0.3 is 5.73 Å². The molecule has 0 aliphatic rings. The molecule has 1 aromatic heterocycles. The zero-order valence-electron chi connectivity index (χ0n) is 9.37. The van der Waals surface area contributed by atoms with Crippen molar-refractivity contribution < 1.29 is 8.78 Å². The molecule has 2 nitrogen and oxygen atoms in total. The molecule has 0 bridgehead atoms. The van der Waals surface area contributed by atoms with Crippen molar-refractivity contribution in [1.82, 2.24) is 4.98 Å². The van der Waals surface area contributed by atoms with Gasteiger partial charge in [0.1, 0.15) is 11.6 Å². The smallest absolute Gasteiger partial charge is 0.134 e. The van der Waals surface area contributed by atoms with Gasteiger partial charge in [0.2, 0.25) is 0 Å². The average Bonchev–Trinajstić information content (AvgIpc) is 2.34. The summed E-state index contributed by atoms with van der Waals surface area (Å²) in [5, 5.41) is 0. The van der Waals surface area contributed by atoms with E-state index in [4.69, 9.17) is 5.73 Å². The van der Waals surface area contributed by atoms with E-state index in [1.807, 2.05) is 0 Å². The van der Waals surface area contributed by atoms with Crippen molar-refractivity contribution in [2.75, 3.05) is 0 Å². The Hall–Kier alpha value is -1.81. The van der Waals surface area contributed by atoms with Crippen molar-refractivity contribution in [3.8, 4) is 11.1 Å². The van der Waals surface area contributed by atoms with Crippen LogP contribution < -0.4 is 5.73 Å². The summed E-state index contributed by atoms with van der Waals surface area (Å²) in [6.45, 7) is 1.93. The summed E-state index contributed by atoms with van der Waals surface area (Å²) in [4.78, 5) is 3.98. The number of pyridine rings is 1. The van der Waals surface area contributed by atoms with Crippen molar-refractivity contribution in [2.45, 2.75) is 13.5 Å². The summed E-state index contributed by atoms with van der Waals surface area (Å²) in [7, 11) is 0. The topological polar surface area (TPSA) is 38.9 Å². The van der Waals surface area contributed by atoms with Crippen molar-refractivity contribution >= 4 is 0 Å². The Balaban J connectivity index is 2.56. The Morgan fingerprint density at radius 1 is 1.12 bits per heavy atom. The van der Waals surface area contributed by atoms with Crippen LogP contribution in [0.25, 0.3) is 11.1 Å². The van der Waals surface area contributed by atoms with Crippen LogP contribution in [0.2, 0.25) is 0 Å². The molecule has 1 aromatic carbocycles. The Morgan fingerprint density at radius 3 is 2.59 bits per heavy atom. The van der Waals surface area contributed by atoms with Gasteiger partial charge in [0.25, 0.3) is 0 Å². The molecule has 1 heterocycles.